The molecular weight excluding hydrogens is 572 g/mol. The molecule has 0 unspecified atom stereocenters. The van der Waals surface area contributed by atoms with Crippen molar-refractivity contribution in [2.24, 2.45) is 5.41 Å². The largest absolute Gasteiger partial charge is 0.455 e. The summed E-state index contributed by atoms with van der Waals surface area (Å²) < 4.78 is 9.30. The van der Waals surface area contributed by atoms with Gasteiger partial charge in [-0.1, -0.05) is 74.7 Å². The minimum atomic E-state index is 0.319. The van der Waals surface area contributed by atoms with Crippen LogP contribution in [0.2, 0.25) is 5.02 Å². The average Bonchev–Trinajstić information content (AvgIpc) is 3.00. The van der Waals surface area contributed by atoms with Gasteiger partial charge in [-0.05, 0) is 85.6 Å². The van der Waals surface area contributed by atoms with E-state index in [1.807, 2.05) is 44.2 Å². The van der Waals surface area contributed by atoms with Crippen LogP contribution in [-0.4, -0.2) is 42.6 Å². The number of allylic oxidation sites excluding steroid dienone is 2. The molecule has 1 N–H and O–H groups in total. The SMILES string of the molecule is C=C(NS)c1ccc(N2CCN(CC3=C(c4ccc(Cl)cc4)CC(C)(C)CC3)CC2)cc1Oc1cnc(C)c(/C=C\C)c1. The van der Waals surface area contributed by atoms with E-state index in [4.69, 9.17) is 16.3 Å². The molecule has 43 heavy (non-hydrogen) atoms. The van der Waals surface area contributed by atoms with Gasteiger partial charge >= 0.3 is 0 Å². The maximum atomic E-state index is 6.42. The highest BCUT2D eigenvalue weighted by atomic mass is 35.5. The average molecular weight is 615 g/mol. The van der Waals surface area contributed by atoms with Crippen LogP contribution in [0.1, 0.15) is 62.4 Å². The van der Waals surface area contributed by atoms with Crippen molar-refractivity contribution in [1.29, 1.82) is 0 Å². The summed E-state index contributed by atoms with van der Waals surface area (Å²) >= 11 is 10.5. The van der Waals surface area contributed by atoms with Crippen LogP contribution < -0.4 is 14.4 Å². The second kappa shape index (κ2) is 13.6. The first-order valence-electron chi connectivity index (χ1n) is 15.1. The molecule has 3 aromatic rings. The van der Waals surface area contributed by atoms with Gasteiger partial charge in [0.25, 0.3) is 0 Å². The second-order valence-corrected chi connectivity index (χ2v) is 13.1. The predicted molar refractivity (Wildman–Crippen MR) is 186 cm³/mol. The number of rotatable bonds is 9. The maximum absolute atomic E-state index is 6.42. The lowest BCUT2D eigenvalue weighted by Gasteiger charge is -2.39. The van der Waals surface area contributed by atoms with Crippen LogP contribution in [0.15, 0.2) is 73.0 Å². The van der Waals surface area contributed by atoms with Gasteiger partial charge in [-0.15, -0.1) is 0 Å². The molecular formula is C36H43ClN4OS. The van der Waals surface area contributed by atoms with Gasteiger partial charge in [-0.2, -0.15) is 0 Å². The summed E-state index contributed by atoms with van der Waals surface area (Å²) in [5.41, 5.74) is 9.42. The molecule has 5 rings (SSSR count). The molecule has 226 valence electrons. The van der Waals surface area contributed by atoms with Gasteiger partial charge in [-0.3, -0.25) is 9.88 Å². The number of anilines is 1. The van der Waals surface area contributed by atoms with E-state index in [-0.39, 0.29) is 0 Å². The monoisotopic (exact) mass is 614 g/mol. The molecule has 0 saturated carbocycles. The first kappa shape index (κ1) is 31.2. The normalized spacial score (nSPS) is 17.4. The Labute approximate surface area is 267 Å². The van der Waals surface area contributed by atoms with Crippen molar-refractivity contribution in [1.82, 2.24) is 14.6 Å². The maximum Gasteiger partial charge on any atom is 0.146 e. The van der Waals surface area contributed by atoms with Crippen molar-refractivity contribution in [3.63, 3.8) is 0 Å². The molecule has 0 radical (unpaired) electrons. The number of pyridine rings is 1. The number of nitrogens with one attached hydrogen (secondary N) is 1. The van der Waals surface area contributed by atoms with Crippen LogP contribution in [0.5, 0.6) is 11.5 Å². The lowest BCUT2D eigenvalue weighted by molar-refractivity contribution is 0.264. The Kier molecular flexibility index (Phi) is 9.90. The summed E-state index contributed by atoms with van der Waals surface area (Å²) in [5.74, 6) is 1.42. The van der Waals surface area contributed by atoms with E-state index in [1.54, 1.807) is 11.8 Å². The molecule has 7 heteroatoms. The van der Waals surface area contributed by atoms with Crippen molar-refractivity contribution in [3.05, 3.63) is 100 Å². The number of aryl methyl sites for hydroxylation is 1. The molecule has 1 fully saturated rings. The van der Waals surface area contributed by atoms with Gasteiger partial charge in [0.2, 0.25) is 0 Å². The molecule has 0 amide bonds. The number of benzene rings is 2. The van der Waals surface area contributed by atoms with Crippen LogP contribution in [0.3, 0.4) is 0 Å². The zero-order chi connectivity index (χ0) is 30.6. The van der Waals surface area contributed by atoms with Crippen LogP contribution in [0.4, 0.5) is 5.69 Å². The highest BCUT2D eigenvalue weighted by Crippen LogP contribution is 2.43. The number of nitrogens with zero attached hydrogens (tertiary/aromatic N) is 3. The molecule has 0 bridgehead atoms. The molecule has 2 aromatic carbocycles. The molecule has 0 spiro atoms. The van der Waals surface area contributed by atoms with E-state index < -0.39 is 0 Å². The van der Waals surface area contributed by atoms with E-state index in [1.165, 1.54) is 17.6 Å². The van der Waals surface area contributed by atoms with Gasteiger partial charge in [-0.25, -0.2) is 0 Å². The molecule has 1 aromatic heterocycles. The van der Waals surface area contributed by atoms with Crippen LogP contribution in [0, 0.1) is 12.3 Å². The van der Waals surface area contributed by atoms with Crippen molar-refractivity contribution in [2.45, 2.75) is 47.0 Å². The highest BCUT2D eigenvalue weighted by molar-refractivity contribution is 7.78. The summed E-state index contributed by atoms with van der Waals surface area (Å²) in [5, 5.41) is 0.791. The van der Waals surface area contributed by atoms with Crippen molar-refractivity contribution in [3.8, 4) is 11.5 Å². The third kappa shape index (κ3) is 7.67. The van der Waals surface area contributed by atoms with Gasteiger partial charge in [0.15, 0.2) is 0 Å². The quantitative estimate of drug-likeness (QED) is 0.235. The fourth-order valence-electron chi connectivity index (χ4n) is 6.06. The molecule has 2 aliphatic rings. The number of halogens is 1. The number of aromatic nitrogens is 1. The topological polar surface area (TPSA) is 40.6 Å². The summed E-state index contributed by atoms with van der Waals surface area (Å²) in [6, 6.07) is 16.8. The van der Waals surface area contributed by atoms with E-state index in [2.05, 4.69) is 83.1 Å². The minimum Gasteiger partial charge on any atom is -0.455 e. The Hall–Kier alpha value is -3.19. The fourth-order valence-corrected chi connectivity index (χ4v) is 6.31. The van der Waals surface area contributed by atoms with Crippen LogP contribution in [-0.2, 0) is 0 Å². The third-order valence-corrected chi connectivity index (χ3v) is 9.15. The number of thiol groups is 1. The fraction of sp³-hybridized carbons (Fsp3) is 0.361. The minimum absolute atomic E-state index is 0.319. The van der Waals surface area contributed by atoms with Gasteiger partial charge in [0, 0.05) is 66.5 Å². The second-order valence-electron chi connectivity index (χ2n) is 12.4. The Morgan fingerprint density at radius 2 is 1.86 bits per heavy atom. The van der Waals surface area contributed by atoms with Crippen molar-refractivity contribution < 1.29 is 4.74 Å². The summed E-state index contributed by atoms with van der Waals surface area (Å²) in [6.45, 7) is 17.9. The molecule has 1 aliphatic carbocycles. The first-order valence-corrected chi connectivity index (χ1v) is 15.9. The Balaban J connectivity index is 1.32. The molecule has 0 atom stereocenters. The van der Waals surface area contributed by atoms with Crippen LogP contribution >= 0.6 is 24.4 Å². The predicted octanol–water partition coefficient (Wildman–Crippen LogP) is 9.06. The van der Waals surface area contributed by atoms with Gasteiger partial charge in [0.1, 0.15) is 11.5 Å². The number of hydrogen-bond donors (Lipinski definition) is 2. The molecule has 2 heterocycles. The highest BCUT2D eigenvalue weighted by Gasteiger charge is 2.29. The lowest BCUT2D eigenvalue weighted by atomic mass is 9.72. The van der Waals surface area contributed by atoms with Gasteiger partial charge in [0.05, 0.1) is 6.20 Å². The zero-order valence-corrected chi connectivity index (χ0v) is 27.4. The molecule has 1 aliphatic heterocycles. The van der Waals surface area contributed by atoms with E-state index >= 15 is 0 Å². The third-order valence-electron chi connectivity index (χ3n) is 8.63. The van der Waals surface area contributed by atoms with Crippen LogP contribution in [0.25, 0.3) is 17.3 Å². The Morgan fingerprint density at radius 3 is 2.56 bits per heavy atom. The number of piperazine rings is 1. The lowest BCUT2D eigenvalue weighted by Crippen LogP contribution is -2.47. The van der Waals surface area contributed by atoms with E-state index in [0.717, 1.165) is 78.8 Å². The number of ether oxygens (including phenoxy) is 1. The Bertz CT molecular complexity index is 1520. The summed E-state index contributed by atoms with van der Waals surface area (Å²) in [6.07, 6.45) is 9.32. The van der Waals surface area contributed by atoms with Crippen molar-refractivity contribution in [2.75, 3.05) is 37.6 Å². The molecule has 5 nitrogen and oxygen atoms in total. The summed E-state index contributed by atoms with van der Waals surface area (Å²) in [4.78, 5) is 9.59. The summed E-state index contributed by atoms with van der Waals surface area (Å²) in [7, 11) is 0. The number of hydrogen-bond acceptors (Lipinski definition) is 6. The zero-order valence-electron chi connectivity index (χ0n) is 25.8. The van der Waals surface area contributed by atoms with E-state index in [9.17, 15) is 0 Å². The smallest absolute Gasteiger partial charge is 0.146 e. The van der Waals surface area contributed by atoms with Crippen molar-refractivity contribution >= 4 is 47.4 Å². The molecule has 1 saturated heterocycles. The van der Waals surface area contributed by atoms with Gasteiger partial charge < -0.3 is 14.4 Å². The first-order chi connectivity index (χ1) is 20.7. The standard InChI is InChI=1S/C36H43ClN4OS/c1-6-7-28-20-32(23-38-25(28)2)42-35-21-31(12-13-33(35)26(3)39-43)41-18-16-40(17-19-41)24-29-14-15-36(4,5)22-34(29)27-8-10-30(37)11-9-27/h6-13,20-21,23,39,43H,3,14-19,22,24H2,1-2,4-5H3/b7-6-. The Morgan fingerprint density at radius 1 is 1.12 bits per heavy atom. The van der Waals surface area contributed by atoms with E-state index in [0.29, 0.717) is 16.9 Å².